The Bertz CT molecular complexity index is 1170. The number of ether oxygens (including phenoxy) is 1. The Hall–Kier alpha value is -3.34. The first kappa shape index (κ1) is 23.8. The number of nitrogens with zero attached hydrogens (tertiary/aromatic N) is 3. The van der Waals surface area contributed by atoms with Crippen LogP contribution in [-0.4, -0.2) is 57.7 Å². The molecule has 5 rings (SSSR count). The number of benzene rings is 2. The van der Waals surface area contributed by atoms with Crippen molar-refractivity contribution in [3.63, 3.8) is 0 Å². The molecule has 2 aromatic carbocycles. The van der Waals surface area contributed by atoms with E-state index in [4.69, 9.17) is 10.5 Å². The predicted molar refractivity (Wildman–Crippen MR) is 133 cm³/mol. The maximum Gasteiger partial charge on any atom is 0.278 e. The van der Waals surface area contributed by atoms with Gasteiger partial charge in [0.05, 0.1) is 29.1 Å². The minimum Gasteiger partial charge on any atom is -0.491 e. The van der Waals surface area contributed by atoms with Gasteiger partial charge < -0.3 is 21.1 Å². The fourth-order valence-corrected chi connectivity index (χ4v) is 4.54. The van der Waals surface area contributed by atoms with Gasteiger partial charge in [0.2, 0.25) is 0 Å². The molecular formula is C24H28N6O3S. The minimum absolute atomic E-state index is 0.0229. The number of rotatable bonds is 0. The van der Waals surface area contributed by atoms with Gasteiger partial charge in [-0.3, -0.25) is 4.79 Å². The summed E-state index contributed by atoms with van der Waals surface area (Å²) in [6, 6.07) is 14.5. The van der Waals surface area contributed by atoms with Crippen molar-refractivity contribution in [3.8, 4) is 17.0 Å². The van der Waals surface area contributed by atoms with Crippen LogP contribution in [0, 0.1) is 0 Å². The Morgan fingerprint density at radius 1 is 1.09 bits per heavy atom. The number of anilines is 2. The molecule has 0 fully saturated rings. The van der Waals surface area contributed by atoms with Gasteiger partial charge in [-0.15, -0.1) is 0 Å². The van der Waals surface area contributed by atoms with Gasteiger partial charge in [0, 0.05) is 19.2 Å². The first-order valence-electron chi connectivity index (χ1n) is 11.1. The summed E-state index contributed by atoms with van der Waals surface area (Å²) in [5.41, 5.74) is 7.76. The number of carbonyl (C=O) groups excluding carboxylic acids is 1. The Kier molecular flexibility index (Phi) is 7.84. The van der Waals surface area contributed by atoms with Gasteiger partial charge >= 0.3 is 0 Å². The van der Waals surface area contributed by atoms with Crippen LogP contribution < -0.4 is 21.1 Å². The Labute approximate surface area is 201 Å². The predicted octanol–water partition coefficient (Wildman–Crippen LogP) is 2.69. The highest BCUT2D eigenvalue weighted by atomic mass is 32.2. The lowest BCUT2D eigenvalue weighted by Gasteiger charge is -2.16. The van der Waals surface area contributed by atoms with Crippen molar-refractivity contribution in [1.82, 2.24) is 19.6 Å². The number of hydrogen-bond donors (Lipinski definition) is 3. The highest BCUT2D eigenvalue weighted by Gasteiger charge is 2.17. The molecule has 3 aromatic rings. The van der Waals surface area contributed by atoms with Crippen LogP contribution in [0.2, 0.25) is 0 Å². The van der Waals surface area contributed by atoms with E-state index in [0.717, 1.165) is 31.5 Å². The third-order valence-corrected chi connectivity index (χ3v) is 6.79. The van der Waals surface area contributed by atoms with Crippen LogP contribution >= 0.6 is 0 Å². The molecule has 1 aromatic heterocycles. The first-order chi connectivity index (χ1) is 16.5. The maximum atomic E-state index is 13.0. The van der Waals surface area contributed by atoms with Crippen LogP contribution in [-0.2, 0) is 11.0 Å². The van der Waals surface area contributed by atoms with Crippen molar-refractivity contribution in [3.05, 3.63) is 60.4 Å². The SMILES string of the molecule is CN1CCCNCCCOc2ccccc2NC(=O)c2nc(cnc2N)-c2ccc(cc2)S1=O. The van der Waals surface area contributed by atoms with Crippen LogP contribution in [0.4, 0.5) is 11.5 Å². The van der Waals surface area contributed by atoms with E-state index in [1.807, 2.05) is 41.7 Å². The van der Waals surface area contributed by atoms with E-state index in [1.54, 1.807) is 18.2 Å². The molecule has 3 heterocycles. The number of aromatic nitrogens is 2. The fraction of sp³-hybridized carbons (Fsp3) is 0.292. The zero-order valence-electron chi connectivity index (χ0n) is 19.0. The summed E-state index contributed by atoms with van der Waals surface area (Å²) < 4.78 is 20.6. The minimum atomic E-state index is -1.27. The second-order valence-corrected chi connectivity index (χ2v) is 9.46. The Morgan fingerprint density at radius 2 is 1.85 bits per heavy atom. The molecule has 1 atom stereocenters. The molecular weight excluding hydrogens is 452 g/mol. The summed E-state index contributed by atoms with van der Waals surface area (Å²) >= 11 is 0. The van der Waals surface area contributed by atoms with E-state index < -0.39 is 16.9 Å². The van der Waals surface area contributed by atoms with Crippen LogP contribution in [0.3, 0.4) is 0 Å². The van der Waals surface area contributed by atoms with Crippen LogP contribution in [0.5, 0.6) is 5.75 Å². The summed E-state index contributed by atoms with van der Waals surface area (Å²) in [5, 5.41) is 6.22. The van der Waals surface area contributed by atoms with Gasteiger partial charge in [-0.25, -0.2) is 18.5 Å². The number of carbonyl (C=O) groups is 1. The number of amides is 1. The van der Waals surface area contributed by atoms with Crippen LogP contribution in [0.15, 0.2) is 59.6 Å². The van der Waals surface area contributed by atoms with Crippen molar-refractivity contribution in [2.75, 3.05) is 44.3 Å². The van der Waals surface area contributed by atoms with Crippen LogP contribution in [0.1, 0.15) is 23.3 Å². The van der Waals surface area contributed by atoms with Gasteiger partial charge in [0.25, 0.3) is 5.91 Å². The van der Waals surface area contributed by atoms with Crippen molar-refractivity contribution in [2.45, 2.75) is 17.7 Å². The van der Waals surface area contributed by atoms with E-state index in [2.05, 4.69) is 20.6 Å². The molecule has 2 aliphatic rings. The number of hydrogen-bond acceptors (Lipinski definition) is 7. The topological polar surface area (TPSA) is 122 Å². The van der Waals surface area contributed by atoms with Crippen molar-refractivity contribution in [1.29, 1.82) is 0 Å². The second kappa shape index (κ2) is 11.2. The van der Waals surface area contributed by atoms with Gasteiger partial charge in [0.15, 0.2) is 11.5 Å². The van der Waals surface area contributed by atoms with E-state index in [9.17, 15) is 9.00 Å². The molecule has 0 spiro atoms. The summed E-state index contributed by atoms with van der Waals surface area (Å²) in [7, 11) is 0.579. The molecule has 34 heavy (non-hydrogen) atoms. The number of nitrogens with two attached hydrogens (primary N) is 1. The largest absolute Gasteiger partial charge is 0.491 e. The molecule has 1 unspecified atom stereocenters. The lowest BCUT2D eigenvalue weighted by atomic mass is 10.1. The van der Waals surface area contributed by atoms with Gasteiger partial charge in [0.1, 0.15) is 16.7 Å². The molecule has 1 amide bonds. The molecule has 0 radical (unpaired) electrons. The van der Waals surface area contributed by atoms with E-state index in [0.29, 0.717) is 35.2 Å². The first-order valence-corrected chi connectivity index (χ1v) is 12.2. The van der Waals surface area contributed by atoms with E-state index >= 15 is 0 Å². The van der Waals surface area contributed by atoms with Crippen molar-refractivity contribution < 1.29 is 13.7 Å². The molecule has 2 aliphatic heterocycles. The average molecular weight is 481 g/mol. The lowest BCUT2D eigenvalue weighted by Crippen LogP contribution is -2.26. The molecule has 0 aliphatic carbocycles. The molecule has 4 bridgehead atoms. The zero-order valence-corrected chi connectivity index (χ0v) is 19.8. The average Bonchev–Trinajstić information content (AvgIpc) is 2.85. The van der Waals surface area contributed by atoms with Crippen molar-refractivity contribution in [2.24, 2.45) is 0 Å². The van der Waals surface area contributed by atoms with Gasteiger partial charge in [-0.05, 0) is 50.2 Å². The van der Waals surface area contributed by atoms with Crippen LogP contribution in [0.25, 0.3) is 11.3 Å². The maximum absolute atomic E-state index is 13.0. The number of nitrogen functional groups attached to an aromatic ring is 1. The summed E-state index contributed by atoms with van der Waals surface area (Å²) in [6.07, 6.45) is 3.19. The normalized spacial score (nSPS) is 18.3. The summed E-state index contributed by atoms with van der Waals surface area (Å²) in [4.78, 5) is 22.3. The summed E-state index contributed by atoms with van der Waals surface area (Å²) in [6.45, 7) is 2.81. The van der Waals surface area contributed by atoms with E-state index in [1.165, 1.54) is 6.20 Å². The van der Waals surface area contributed by atoms with Gasteiger partial charge in [-0.2, -0.15) is 0 Å². The van der Waals surface area contributed by atoms with Gasteiger partial charge in [-0.1, -0.05) is 24.3 Å². The molecule has 178 valence electrons. The third-order valence-electron chi connectivity index (χ3n) is 5.37. The molecule has 0 saturated heterocycles. The highest BCUT2D eigenvalue weighted by molar-refractivity contribution is 7.82. The molecule has 9 nitrogen and oxygen atoms in total. The van der Waals surface area contributed by atoms with Crippen molar-refractivity contribution >= 4 is 28.4 Å². The molecule has 0 saturated carbocycles. The lowest BCUT2D eigenvalue weighted by molar-refractivity contribution is 0.102. The second-order valence-electron chi connectivity index (χ2n) is 7.87. The Balaban J connectivity index is 1.65. The highest BCUT2D eigenvalue weighted by Crippen LogP contribution is 2.26. The fourth-order valence-electron chi connectivity index (χ4n) is 3.52. The molecule has 10 heteroatoms. The third kappa shape index (κ3) is 5.77. The quantitative estimate of drug-likeness (QED) is 0.452. The standard InChI is InChI=1S/C24H28N6O3S/c1-30-14-4-12-26-13-5-15-33-21-7-3-2-6-19(21)29-24(31)22-23(25)27-16-20(28-22)17-8-10-18(11-9-17)34(30)32/h2-3,6-11,16,26H,4-5,12-15H2,1H3,(H2,25,27)(H,29,31). The van der Waals surface area contributed by atoms with E-state index in [-0.39, 0.29) is 11.5 Å². The number of nitrogens with one attached hydrogen (secondary N) is 2. The Morgan fingerprint density at radius 3 is 2.68 bits per heavy atom. The molecule has 4 N–H and O–H groups in total. The summed E-state index contributed by atoms with van der Waals surface area (Å²) in [5.74, 6) is 0.127. The zero-order chi connectivity index (χ0) is 23.9. The smallest absolute Gasteiger partial charge is 0.278 e. The number of para-hydroxylation sites is 2. The monoisotopic (exact) mass is 480 g/mol. The number of fused-ring (bicyclic) bond motifs is 12.